The van der Waals surface area contributed by atoms with Crippen LogP contribution in [0.3, 0.4) is 0 Å². The second kappa shape index (κ2) is 7.64. The molecular weight excluding hydrogens is 262 g/mol. The van der Waals surface area contributed by atoms with Gasteiger partial charge < -0.3 is 21.5 Å². The highest BCUT2D eigenvalue weighted by Crippen LogP contribution is 1.93. The highest BCUT2D eigenvalue weighted by atomic mass is 32.2. The predicted octanol–water partition coefficient (Wildman–Crippen LogP) is -1.62. The van der Waals surface area contributed by atoms with Crippen molar-refractivity contribution in [2.45, 2.75) is 24.6 Å². The topological polar surface area (TPSA) is 139 Å². The molecule has 0 aromatic rings. The van der Waals surface area contributed by atoms with Gasteiger partial charge in [-0.2, -0.15) is 0 Å². The highest BCUT2D eigenvalue weighted by Gasteiger charge is 2.22. The van der Waals surface area contributed by atoms with Gasteiger partial charge in [-0.3, -0.25) is 9.00 Å². The molecule has 0 radical (unpaired) electrons. The van der Waals surface area contributed by atoms with Gasteiger partial charge in [0.05, 0.1) is 6.42 Å². The van der Waals surface area contributed by atoms with E-state index in [4.69, 9.17) is 10.8 Å². The lowest BCUT2D eigenvalue weighted by Crippen LogP contribution is -2.49. The number of hydrogen-bond acceptors (Lipinski definition) is 4. The predicted molar refractivity (Wildman–Crippen MR) is 65.3 cm³/mol. The molecule has 0 aromatic heterocycles. The van der Waals surface area contributed by atoms with Crippen LogP contribution in [0.25, 0.3) is 0 Å². The first-order valence-electron chi connectivity index (χ1n) is 5.11. The van der Waals surface area contributed by atoms with Gasteiger partial charge in [-0.15, -0.1) is 0 Å². The second-order valence-corrected chi connectivity index (χ2v) is 5.53. The molecule has 0 spiro atoms. The molecule has 0 aliphatic carbocycles. The lowest BCUT2D eigenvalue weighted by molar-refractivity contribution is -0.140. The van der Waals surface area contributed by atoms with Gasteiger partial charge in [0, 0.05) is 28.9 Å². The maximum absolute atomic E-state index is 11.3. The zero-order valence-corrected chi connectivity index (χ0v) is 11.0. The van der Waals surface area contributed by atoms with Gasteiger partial charge in [0.2, 0.25) is 5.91 Å². The molecule has 0 bridgehead atoms. The van der Waals surface area contributed by atoms with E-state index in [1.54, 1.807) is 6.92 Å². The van der Waals surface area contributed by atoms with E-state index in [2.05, 4.69) is 10.6 Å². The van der Waals surface area contributed by atoms with Gasteiger partial charge in [-0.25, -0.2) is 9.59 Å². The van der Waals surface area contributed by atoms with Gasteiger partial charge in [-0.05, 0) is 6.92 Å². The molecule has 0 aliphatic rings. The van der Waals surface area contributed by atoms with Crippen LogP contribution in [0.5, 0.6) is 0 Å². The fraction of sp³-hybridized carbons (Fsp3) is 0.667. The van der Waals surface area contributed by atoms with E-state index in [1.807, 2.05) is 0 Å². The minimum absolute atomic E-state index is 0.137. The van der Waals surface area contributed by atoms with E-state index in [9.17, 15) is 18.6 Å². The fourth-order valence-electron chi connectivity index (χ4n) is 0.964. The molecule has 18 heavy (non-hydrogen) atoms. The maximum Gasteiger partial charge on any atom is 0.326 e. The molecule has 0 fully saturated rings. The Bertz CT molecular complexity index is 360. The number of nitrogens with two attached hydrogens (primary N) is 1. The lowest BCUT2D eigenvalue weighted by Gasteiger charge is -2.15. The molecule has 8 nitrogen and oxygen atoms in total. The number of aliphatic carboxylic acids is 1. The summed E-state index contributed by atoms with van der Waals surface area (Å²) in [6, 6.07) is -2.12. The fourth-order valence-corrected chi connectivity index (χ4v) is 1.28. The average Bonchev–Trinajstić information content (AvgIpc) is 2.23. The third-order valence-corrected chi connectivity index (χ3v) is 3.43. The summed E-state index contributed by atoms with van der Waals surface area (Å²) in [7, 11) is -1.09. The van der Waals surface area contributed by atoms with E-state index in [0.717, 1.165) is 0 Å². The third kappa shape index (κ3) is 6.84. The van der Waals surface area contributed by atoms with Crippen molar-refractivity contribution in [1.29, 1.82) is 0 Å². The molecule has 0 aromatic carbocycles. The molecule has 0 aliphatic heterocycles. The van der Waals surface area contributed by atoms with Gasteiger partial charge in [0.15, 0.2) is 0 Å². The van der Waals surface area contributed by atoms with Crippen molar-refractivity contribution in [3.05, 3.63) is 0 Å². The molecule has 2 unspecified atom stereocenters. The third-order valence-electron chi connectivity index (χ3n) is 2.13. The monoisotopic (exact) mass is 279 g/mol. The first-order chi connectivity index (χ1) is 8.23. The molecule has 0 heterocycles. The maximum atomic E-state index is 11.3. The number of rotatable bonds is 7. The van der Waals surface area contributed by atoms with Crippen molar-refractivity contribution < 1.29 is 23.7 Å². The Kier molecular flexibility index (Phi) is 6.94. The number of hydrogen-bond donors (Lipinski definition) is 4. The summed E-state index contributed by atoms with van der Waals surface area (Å²) >= 11 is 0. The number of carbonyl (C=O) groups excluding carboxylic acids is 2. The van der Waals surface area contributed by atoms with Crippen molar-refractivity contribution in [2.24, 2.45) is 5.73 Å². The second-order valence-electron chi connectivity index (χ2n) is 3.72. The van der Waals surface area contributed by atoms with Gasteiger partial charge in [0.25, 0.3) is 0 Å². The molecule has 0 rings (SSSR count). The van der Waals surface area contributed by atoms with E-state index in [-0.39, 0.29) is 11.8 Å². The van der Waals surface area contributed by atoms with Crippen LogP contribution in [0.2, 0.25) is 0 Å². The quantitative estimate of drug-likeness (QED) is 0.443. The first kappa shape index (κ1) is 16.4. The summed E-state index contributed by atoms with van der Waals surface area (Å²) in [6.07, 6.45) is 1.01. The summed E-state index contributed by atoms with van der Waals surface area (Å²) in [4.78, 5) is 32.6. The van der Waals surface area contributed by atoms with Crippen molar-refractivity contribution >= 4 is 28.7 Å². The van der Waals surface area contributed by atoms with Crippen LogP contribution in [-0.2, 0) is 20.4 Å². The van der Waals surface area contributed by atoms with E-state index < -0.39 is 41.2 Å². The molecule has 0 saturated heterocycles. The van der Waals surface area contributed by atoms with Crippen molar-refractivity contribution in [3.63, 3.8) is 0 Å². The normalized spacial score (nSPS) is 15.2. The Labute approximate surface area is 107 Å². The Morgan fingerprint density at radius 1 is 1.39 bits per heavy atom. The molecule has 3 amide bonds. The van der Waals surface area contributed by atoms with E-state index in [1.165, 1.54) is 6.26 Å². The van der Waals surface area contributed by atoms with Crippen molar-refractivity contribution in [2.75, 3.05) is 12.8 Å². The molecule has 0 saturated carbocycles. The number of carboxylic acids is 1. The number of carbonyl (C=O) groups is 3. The van der Waals surface area contributed by atoms with E-state index >= 15 is 0 Å². The minimum atomic E-state index is -1.37. The van der Waals surface area contributed by atoms with Crippen LogP contribution in [0, 0.1) is 0 Å². The van der Waals surface area contributed by atoms with Crippen LogP contribution >= 0.6 is 0 Å². The standard InChI is InChI=1S/C9H17N3O5S/c1-5(18(2)17)4-11-9(16)12-6(8(14)15)3-7(10)13/h5-6H,3-4H2,1-2H3,(H2,10,13)(H,14,15)(H2,11,12,16)/t5?,6-,18?/m0/s1. The van der Waals surface area contributed by atoms with Crippen LogP contribution in [0.4, 0.5) is 4.79 Å². The molecular formula is C9H17N3O5S. The largest absolute Gasteiger partial charge is 0.480 e. The van der Waals surface area contributed by atoms with Crippen LogP contribution < -0.4 is 16.4 Å². The number of nitrogens with one attached hydrogen (secondary N) is 2. The minimum Gasteiger partial charge on any atom is -0.480 e. The van der Waals surface area contributed by atoms with Crippen LogP contribution in [-0.4, -0.2) is 51.3 Å². The molecule has 104 valence electrons. The first-order valence-corrected chi connectivity index (χ1v) is 6.73. The molecule has 9 heteroatoms. The summed E-state index contributed by atoms with van der Waals surface area (Å²) in [5, 5.41) is 12.9. The summed E-state index contributed by atoms with van der Waals surface area (Å²) < 4.78 is 11.0. The Hall–Kier alpha value is -1.64. The molecule has 3 atom stereocenters. The Balaban J connectivity index is 4.22. The highest BCUT2D eigenvalue weighted by molar-refractivity contribution is 7.84. The Morgan fingerprint density at radius 3 is 2.33 bits per heavy atom. The van der Waals surface area contributed by atoms with E-state index in [0.29, 0.717) is 0 Å². The summed E-state index contributed by atoms with van der Waals surface area (Å²) in [5.74, 6) is -2.18. The molecule has 5 N–H and O–H groups in total. The number of amides is 3. The van der Waals surface area contributed by atoms with Gasteiger partial charge in [0.1, 0.15) is 6.04 Å². The van der Waals surface area contributed by atoms with Crippen LogP contribution in [0.1, 0.15) is 13.3 Å². The lowest BCUT2D eigenvalue weighted by atomic mass is 10.2. The SMILES string of the molecule is CC(CNC(=O)N[C@@H](CC(N)=O)C(=O)O)S(C)=O. The van der Waals surface area contributed by atoms with Crippen molar-refractivity contribution in [3.8, 4) is 0 Å². The number of carboxylic acid groups (broad SMARTS) is 1. The van der Waals surface area contributed by atoms with Gasteiger partial charge >= 0.3 is 12.0 Å². The number of urea groups is 1. The van der Waals surface area contributed by atoms with Gasteiger partial charge in [-0.1, -0.05) is 0 Å². The summed E-state index contributed by atoms with van der Waals surface area (Å²) in [6.45, 7) is 1.81. The Morgan fingerprint density at radius 2 is 1.94 bits per heavy atom. The number of primary amides is 1. The average molecular weight is 279 g/mol. The zero-order chi connectivity index (χ0) is 14.3. The van der Waals surface area contributed by atoms with Crippen LogP contribution in [0.15, 0.2) is 0 Å². The zero-order valence-electron chi connectivity index (χ0n) is 10.1. The smallest absolute Gasteiger partial charge is 0.326 e. The summed E-state index contributed by atoms with van der Waals surface area (Å²) in [5.41, 5.74) is 4.85. The van der Waals surface area contributed by atoms with Crippen molar-refractivity contribution in [1.82, 2.24) is 10.6 Å².